The van der Waals surface area contributed by atoms with Crippen LogP contribution in [0.15, 0.2) is 59.5 Å². The number of anilines is 1. The van der Waals surface area contributed by atoms with E-state index >= 15 is 0 Å². The van der Waals surface area contributed by atoms with Gasteiger partial charge in [-0.1, -0.05) is 42.5 Å². The molecule has 0 aliphatic heterocycles. The molecule has 0 aromatic heterocycles. The highest BCUT2D eigenvalue weighted by Crippen LogP contribution is 2.23. The van der Waals surface area contributed by atoms with Gasteiger partial charge in [0, 0.05) is 19.9 Å². The topological polar surface area (TPSA) is 55.4 Å². The van der Waals surface area contributed by atoms with Crippen LogP contribution in [0.3, 0.4) is 0 Å². The van der Waals surface area contributed by atoms with Crippen molar-refractivity contribution in [3.8, 4) is 0 Å². The molecule has 0 amide bonds. The third-order valence-corrected chi connectivity index (χ3v) is 4.38. The summed E-state index contributed by atoms with van der Waals surface area (Å²) in [6.45, 7) is 0.493. The minimum atomic E-state index is -3.26. The molecule has 2 aromatic rings. The Balaban J connectivity index is 2.16. The molecule has 0 radical (unpaired) electrons. The minimum Gasteiger partial charge on any atom is -0.381 e. The molecule has 0 unspecified atom stereocenters. The average molecular weight is 305 g/mol. The summed E-state index contributed by atoms with van der Waals surface area (Å²) in [6, 6.07) is 16.7. The third kappa shape index (κ3) is 4.06. The summed E-state index contributed by atoms with van der Waals surface area (Å²) in [5.74, 6) is 0. The fourth-order valence-corrected chi connectivity index (χ4v) is 3.01. The van der Waals surface area contributed by atoms with Crippen molar-refractivity contribution in [1.29, 1.82) is 0 Å². The number of hydrogen-bond acceptors (Lipinski definition) is 4. The van der Waals surface area contributed by atoms with Crippen LogP contribution in [0.2, 0.25) is 0 Å². The van der Waals surface area contributed by atoms with E-state index in [0.717, 1.165) is 5.56 Å². The van der Waals surface area contributed by atoms with Gasteiger partial charge in [0.1, 0.15) is 0 Å². The van der Waals surface area contributed by atoms with E-state index < -0.39 is 9.84 Å². The summed E-state index contributed by atoms with van der Waals surface area (Å²) in [6.07, 6.45) is 1.07. The van der Waals surface area contributed by atoms with E-state index in [4.69, 9.17) is 4.74 Å². The van der Waals surface area contributed by atoms with Crippen molar-refractivity contribution >= 4 is 15.5 Å². The number of rotatable bonds is 6. The summed E-state index contributed by atoms with van der Waals surface area (Å²) in [4.78, 5) is 0.299. The first-order valence-electron chi connectivity index (χ1n) is 6.63. The van der Waals surface area contributed by atoms with Crippen molar-refractivity contribution in [3.63, 3.8) is 0 Å². The van der Waals surface area contributed by atoms with Crippen molar-refractivity contribution in [1.82, 2.24) is 0 Å². The van der Waals surface area contributed by atoms with Gasteiger partial charge in [0.25, 0.3) is 0 Å². The largest absolute Gasteiger partial charge is 0.381 e. The summed E-state index contributed by atoms with van der Waals surface area (Å²) < 4.78 is 29.0. The van der Waals surface area contributed by atoms with Gasteiger partial charge in [-0.3, -0.25) is 0 Å². The van der Waals surface area contributed by atoms with E-state index in [9.17, 15) is 8.42 Å². The molecule has 112 valence electrons. The lowest BCUT2D eigenvalue weighted by atomic mass is 10.1. The molecule has 1 atom stereocenters. The molecule has 0 aliphatic rings. The third-order valence-electron chi connectivity index (χ3n) is 3.22. The van der Waals surface area contributed by atoms with Gasteiger partial charge < -0.3 is 10.1 Å². The first-order valence-corrected chi connectivity index (χ1v) is 8.52. The first-order chi connectivity index (χ1) is 10.0. The molecule has 0 heterocycles. The van der Waals surface area contributed by atoms with E-state index in [1.807, 2.05) is 30.3 Å². The zero-order chi connectivity index (χ0) is 15.3. The second-order valence-corrected chi connectivity index (χ2v) is 6.77. The number of methoxy groups -OCH3 is 1. The zero-order valence-corrected chi connectivity index (χ0v) is 12.9. The molecule has 0 bridgehead atoms. The van der Waals surface area contributed by atoms with Gasteiger partial charge in [0.2, 0.25) is 0 Å². The fourth-order valence-electron chi connectivity index (χ4n) is 2.14. The van der Waals surface area contributed by atoms with Crippen molar-refractivity contribution in [3.05, 3.63) is 60.2 Å². The second-order valence-electron chi connectivity index (χ2n) is 4.78. The number of para-hydroxylation sites is 1. The Kier molecular flexibility index (Phi) is 4.98. The Morgan fingerprint density at radius 1 is 1.05 bits per heavy atom. The smallest absolute Gasteiger partial charge is 0.177 e. The Morgan fingerprint density at radius 2 is 1.67 bits per heavy atom. The predicted molar refractivity (Wildman–Crippen MR) is 84.2 cm³/mol. The van der Waals surface area contributed by atoms with Gasteiger partial charge in [-0.25, -0.2) is 8.42 Å². The molecular formula is C16H19NO3S. The Bertz CT molecular complexity index is 684. The normalized spacial score (nSPS) is 12.9. The zero-order valence-electron chi connectivity index (χ0n) is 12.1. The van der Waals surface area contributed by atoms with Crippen molar-refractivity contribution in [2.45, 2.75) is 11.0 Å². The van der Waals surface area contributed by atoms with Crippen LogP contribution in [0.5, 0.6) is 0 Å². The van der Waals surface area contributed by atoms with Crippen molar-refractivity contribution in [2.75, 3.05) is 25.2 Å². The number of sulfone groups is 1. The quantitative estimate of drug-likeness (QED) is 0.891. The Labute approximate surface area is 125 Å². The van der Waals surface area contributed by atoms with E-state index in [1.54, 1.807) is 31.4 Å². The molecule has 0 aliphatic carbocycles. The first kappa shape index (κ1) is 15.5. The number of hydrogen-bond donors (Lipinski definition) is 1. The molecule has 4 nitrogen and oxygen atoms in total. The highest BCUT2D eigenvalue weighted by Gasteiger charge is 2.14. The van der Waals surface area contributed by atoms with Crippen LogP contribution in [-0.2, 0) is 14.6 Å². The molecular weight excluding hydrogens is 286 g/mol. The number of ether oxygens (including phenoxy) is 1. The van der Waals surface area contributed by atoms with Crippen LogP contribution in [0.4, 0.5) is 5.69 Å². The lowest BCUT2D eigenvalue weighted by molar-refractivity contribution is 0.114. The van der Waals surface area contributed by atoms with Crippen LogP contribution in [0, 0.1) is 0 Å². The van der Waals surface area contributed by atoms with E-state index in [1.165, 1.54) is 6.26 Å². The Hall–Kier alpha value is -1.85. The molecule has 0 spiro atoms. The molecule has 21 heavy (non-hydrogen) atoms. The van der Waals surface area contributed by atoms with Gasteiger partial charge in [0.05, 0.1) is 16.7 Å². The summed E-state index contributed by atoms with van der Waals surface area (Å²) in [5, 5.41) is 3.17. The predicted octanol–water partition coefficient (Wildman–Crippen LogP) is 2.89. The van der Waals surface area contributed by atoms with Crippen LogP contribution < -0.4 is 5.32 Å². The summed E-state index contributed by atoms with van der Waals surface area (Å²) >= 11 is 0. The number of nitrogens with one attached hydrogen (secondary N) is 1. The maximum atomic E-state index is 11.8. The molecule has 2 rings (SSSR count). The highest BCUT2D eigenvalue weighted by molar-refractivity contribution is 7.90. The van der Waals surface area contributed by atoms with Gasteiger partial charge >= 0.3 is 0 Å². The van der Waals surface area contributed by atoms with Crippen LogP contribution in [-0.4, -0.2) is 28.3 Å². The van der Waals surface area contributed by atoms with Crippen molar-refractivity contribution < 1.29 is 13.2 Å². The van der Waals surface area contributed by atoms with Gasteiger partial charge in [-0.15, -0.1) is 0 Å². The highest BCUT2D eigenvalue weighted by atomic mass is 32.2. The second kappa shape index (κ2) is 6.74. The van der Waals surface area contributed by atoms with E-state index in [0.29, 0.717) is 17.1 Å². The fraction of sp³-hybridized carbons (Fsp3) is 0.250. The van der Waals surface area contributed by atoms with E-state index in [-0.39, 0.29) is 6.10 Å². The van der Waals surface area contributed by atoms with Crippen LogP contribution >= 0.6 is 0 Å². The SMILES string of the molecule is CO[C@@H](CNc1ccccc1S(C)(=O)=O)c1ccccc1. The molecule has 2 aromatic carbocycles. The van der Waals surface area contributed by atoms with E-state index in [2.05, 4.69) is 5.32 Å². The van der Waals surface area contributed by atoms with Crippen LogP contribution in [0.25, 0.3) is 0 Å². The molecule has 0 saturated heterocycles. The lowest BCUT2D eigenvalue weighted by Gasteiger charge is -2.18. The van der Waals surface area contributed by atoms with Gasteiger partial charge in [0.15, 0.2) is 9.84 Å². The standard InChI is InChI=1S/C16H19NO3S/c1-20-15(13-8-4-3-5-9-13)12-17-14-10-6-7-11-16(14)21(2,18)19/h3-11,15,17H,12H2,1-2H3/t15-/m0/s1. The van der Waals surface area contributed by atoms with Gasteiger partial charge in [-0.05, 0) is 17.7 Å². The van der Waals surface area contributed by atoms with Gasteiger partial charge in [-0.2, -0.15) is 0 Å². The summed E-state index contributed by atoms with van der Waals surface area (Å²) in [5.41, 5.74) is 1.64. The maximum absolute atomic E-state index is 11.8. The molecule has 5 heteroatoms. The lowest BCUT2D eigenvalue weighted by Crippen LogP contribution is -2.16. The molecule has 0 fully saturated rings. The average Bonchev–Trinajstić information content (AvgIpc) is 2.48. The maximum Gasteiger partial charge on any atom is 0.177 e. The monoisotopic (exact) mass is 305 g/mol. The number of benzene rings is 2. The molecule has 0 saturated carbocycles. The summed E-state index contributed by atoms with van der Waals surface area (Å²) in [7, 11) is -1.62. The molecule has 1 N–H and O–H groups in total. The Morgan fingerprint density at radius 3 is 2.29 bits per heavy atom. The van der Waals surface area contributed by atoms with Crippen molar-refractivity contribution in [2.24, 2.45) is 0 Å². The van der Waals surface area contributed by atoms with Crippen LogP contribution in [0.1, 0.15) is 11.7 Å². The minimum absolute atomic E-state index is 0.140.